The number of fused-ring (bicyclic) bond motifs is 2. The van der Waals surface area contributed by atoms with Gasteiger partial charge in [-0.1, -0.05) is 29.0 Å². The molecule has 4 rings (SSSR count). The van der Waals surface area contributed by atoms with Crippen LogP contribution in [0.5, 0.6) is 0 Å². The zero-order valence-electron chi connectivity index (χ0n) is 19.1. The smallest absolute Gasteiger partial charge is 0.341 e. The predicted molar refractivity (Wildman–Crippen MR) is 144 cm³/mol. The minimum atomic E-state index is -0.432. The van der Waals surface area contributed by atoms with Gasteiger partial charge in [-0.2, -0.15) is 4.99 Å². The number of allylic oxidation sites excluding steroid dienone is 1. The summed E-state index contributed by atoms with van der Waals surface area (Å²) in [5.41, 5.74) is 2.38. The van der Waals surface area contributed by atoms with Crippen LogP contribution in [0.25, 0.3) is 10.2 Å². The fourth-order valence-corrected chi connectivity index (χ4v) is 7.17. The number of aryl methyl sites for hydroxylation is 1. The van der Waals surface area contributed by atoms with Gasteiger partial charge in [0.15, 0.2) is 4.80 Å². The van der Waals surface area contributed by atoms with E-state index in [9.17, 15) is 14.4 Å². The summed E-state index contributed by atoms with van der Waals surface area (Å²) in [5, 5.41) is 3.99. The fourth-order valence-electron chi connectivity index (χ4n) is 3.94. The Labute approximate surface area is 219 Å². The number of aromatic nitrogens is 1. The van der Waals surface area contributed by atoms with E-state index in [2.05, 4.69) is 16.9 Å². The molecule has 1 aliphatic carbocycles. The first-order valence-corrected chi connectivity index (χ1v) is 14.2. The Kier molecular flexibility index (Phi) is 8.48. The van der Waals surface area contributed by atoms with Crippen molar-refractivity contribution in [1.29, 1.82) is 0 Å². The van der Waals surface area contributed by atoms with Gasteiger partial charge in [-0.3, -0.25) is 9.59 Å². The van der Waals surface area contributed by atoms with Gasteiger partial charge < -0.3 is 14.6 Å². The molecule has 0 atom stereocenters. The first-order valence-electron chi connectivity index (χ1n) is 11.0. The number of ether oxygens (including phenoxy) is 1. The number of nitrogens with one attached hydrogen (secondary N) is 1. The van der Waals surface area contributed by atoms with E-state index in [0.29, 0.717) is 26.9 Å². The number of esters is 1. The van der Waals surface area contributed by atoms with Crippen molar-refractivity contribution in [2.45, 2.75) is 32.2 Å². The van der Waals surface area contributed by atoms with Crippen molar-refractivity contribution < 1.29 is 19.1 Å². The Balaban J connectivity index is 1.41. The van der Waals surface area contributed by atoms with Gasteiger partial charge in [0.05, 0.1) is 34.4 Å². The number of thiazole rings is 1. The lowest BCUT2D eigenvalue weighted by Gasteiger charge is -2.11. The summed E-state index contributed by atoms with van der Waals surface area (Å²) < 4.78 is 7.78. The molecule has 2 heterocycles. The number of methoxy groups -OCH3 is 1. The molecule has 0 unspecified atom stereocenters. The molecule has 0 aliphatic heterocycles. The van der Waals surface area contributed by atoms with Crippen molar-refractivity contribution in [2.24, 2.45) is 4.99 Å². The minimum absolute atomic E-state index is 0.0569. The summed E-state index contributed by atoms with van der Waals surface area (Å²) in [6.07, 6.45) is 5.55. The zero-order valence-corrected chi connectivity index (χ0v) is 22.3. The molecule has 0 saturated heterocycles. The van der Waals surface area contributed by atoms with E-state index in [-0.39, 0.29) is 23.3 Å². The van der Waals surface area contributed by atoms with Gasteiger partial charge in [-0.05, 0) is 49.4 Å². The lowest BCUT2D eigenvalue weighted by atomic mass is 9.95. The quantitative estimate of drug-likeness (QED) is 0.313. The molecule has 2 amide bonds. The van der Waals surface area contributed by atoms with Crippen molar-refractivity contribution in [3.05, 3.63) is 56.7 Å². The number of halogens is 1. The second-order valence-electron chi connectivity index (χ2n) is 7.85. The summed E-state index contributed by atoms with van der Waals surface area (Å²) in [6, 6.07) is 5.53. The number of nitrogens with zero attached hydrogens (tertiary/aromatic N) is 2. The van der Waals surface area contributed by atoms with Crippen molar-refractivity contribution >= 4 is 79.0 Å². The van der Waals surface area contributed by atoms with Crippen LogP contribution in [-0.2, 0) is 33.7 Å². The Bertz CT molecular complexity index is 1370. The number of carbonyl (C=O) groups is 3. The number of rotatable bonds is 8. The molecule has 184 valence electrons. The van der Waals surface area contributed by atoms with Gasteiger partial charge in [0.2, 0.25) is 5.91 Å². The van der Waals surface area contributed by atoms with Crippen LogP contribution < -0.4 is 10.1 Å². The van der Waals surface area contributed by atoms with Crippen LogP contribution in [-0.4, -0.2) is 41.0 Å². The molecule has 0 spiro atoms. The molecular weight excluding hydrogens is 526 g/mol. The third kappa shape index (κ3) is 5.88. The van der Waals surface area contributed by atoms with E-state index in [1.807, 2.05) is 16.7 Å². The van der Waals surface area contributed by atoms with Crippen LogP contribution in [0.3, 0.4) is 0 Å². The van der Waals surface area contributed by atoms with Crippen LogP contribution in [0.2, 0.25) is 5.02 Å². The number of hydrogen-bond donors (Lipinski definition) is 1. The van der Waals surface area contributed by atoms with Crippen molar-refractivity contribution in [3.8, 4) is 0 Å². The molecule has 3 aromatic rings. The largest absolute Gasteiger partial charge is 0.465 e. The van der Waals surface area contributed by atoms with Crippen molar-refractivity contribution in [2.75, 3.05) is 23.9 Å². The van der Waals surface area contributed by atoms with Crippen molar-refractivity contribution in [3.63, 3.8) is 0 Å². The van der Waals surface area contributed by atoms with Crippen LogP contribution in [0.15, 0.2) is 35.8 Å². The average Bonchev–Trinajstić information content (AvgIpc) is 3.35. The molecule has 7 nitrogen and oxygen atoms in total. The summed E-state index contributed by atoms with van der Waals surface area (Å²) in [4.78, 5) is 43.4. The Morgan fingerprint density at radius 1 is 1.26 bits per heavy atom. The highest BCUT2D eigenvalue weighted by Gasteiger charge is 2.26. The minimum Gasteiger partial charge on any atom is -0.465 e. The number of anilines is 1. The lowest BCUT2D eigenvalue weighted by Crippen LogP contribution is -2.19. The van der Waals surface area contributed by atoms with Gasteiger partial charge in [0.1, 0.15) is 5.00 Å². The van der Waals surface area contributed by atoms with Gasteiger partial charge in [0, 0.05) is 16.4 Å². The van der Waals surface area contributed by atoms with E-state index < -0.39 is 5.97 Å². The van der Waals surface area contributed by atoms with E-state index in [0.717, 1.165) is 46.3 Å². The highest BCUT2D eigenvalue weighted by atomic mass is 35.5. The van der Waals surface area contributed by atoms with Gasteiger partial charge in [0.25, 0.3) is 5.91 Å². The number of thiophene rings is 1. The topological polar surface area (TPSA) is 89.8 Å². The molecule has 11 heteroatoms. The van der Waals surface area contributed by atoms with E-state index in [1.54, 1.807) is 12.1 Å². The number of carbonyl (C=O) groups excluding carboxylic acids is 3. The highest BCUT2D eigenvalue weighted by Crippen LogP contribution is 2.38. The molecule has 0 saturated carbocycles. The molecule has 1 N–H and O–H groups in total. The van der Waals surface area contributed by atoms with Crippen molar-refractivity contribution in [1.82, 2.24) is 4.57 Å². The lowest BCUT2D eigenvalue weighted by molar-refractivity contribution is -0.115. The van der Waals surface area contributed by atoms with Gasteiger partial charge in [-0.25, -0.2) is 4.79 Å². The molecule has 0 radical (unpaired) electrons. The molecule has 1 aromatic carbocycles. The van der Waals surface area contributed by atoms with Gasteiger partial charge >= 0.3 is 5.97 Å². The Morgan fingerprint density at radius 3 is 2.83 bits per heavy atom. The van der Waals surface area contributed by atoms with E-state index >= 15 is 0 Å². The zero-order chi connectivity index (χ0) is 24.9. The molecule has 35 heavy (non-hydrogen) atoms. The molecule has 0 bridgehead atoms. The second-order valence-corrected chi connectivity index (χ2v) is 11.4. The van der Waals surface area contributed by atoms with Gasteiger partial charge in [-0.15, -0.1) is 29.7 Å². The number of benzene rings is 1. The highest BCUT2D eigenvalue weighted by molar-refractivity contribution is 8.00. The van der Waals surface area contributed by atoms with Crippen LogP contribution in [0.1, 0.15) is 33.6 Å². The van der Waals surface area contributed by atoms with Crippen LogP contribution in [0.4, 0.5) is 5.00 Å². The first-order chi connectivity index (χ1) is 16.9. The van der Waals surface area contributed by atoms with Crippen LogP contribution >= 0.6 is 46.0 Å². The Hall–Kier alpha value is -2.40. The fraction of sp³-hybridized carbons (Fsp3) is 0.333. The standard InChI is InChI=1S/C24H24ClN3O4S3/c1-3-10-28-16-9-8-14(25)11-18(16)35-24(28)27-20(30)13-33-12-19(29)26-22-21(23(31)32-2)15-6-4-5-7-17(15)34-22/h3,8-9,11H,1,4-7,10,12-13H2,2H3,(H,26,29). The summed E-state index contributed by atoms with van der Waals surface area (Å²) in [5.74, 6) is -0.913. The summed E-state index contributed by atoms with van der Waals surface area (Å²) in [6.45, 7) is 4.29. The molecule has 1 aliphatic rings. The monoisotopic (exact) mass is 549 g/mol. The maximum Gasteiger partial charge on any atom is 0.341 e. The van der Waals surface area contributed by atoms with Crippen LogP contribution in [0, 0.1) is 0 Å². The van der Waals surface area contributed by atoms with E-state index in [4.69, 9.17) is 16.3 Å². The predicted octanol–water partition coefficient (Wildman–Crippen LogP) is 5.07. The summed E-state index contributed by atoms with van der Waals surface area (Å²) in [7, 11) is 1.34. The molecule has 0 fully saturated rings. The molecule has 2 aromatic heterocycles. The maximum absolute atomic E-state index is 12.6. The third-order valence-corrected chi connectivity index (χ3v) is 8.85. The maximum atomic E-state index is 12.6. The second kappa shape index (κ2) is 11.6. The third-order valence-electron chi connectivity index (χ3n) is 5.45. The first kappa shape index (κ1) is 25.7. The summed E-state index contributed by atoms with van der Waals surface area (Å²) >= 11 is 10.1. The van der Waals surface area contributed by atoms with E-state index in [1.165, 1.54) is 41.5 Å². The number of thioether (sulfide) groups is 1. The Morgan fingerprint density at radius 2 is 2.06 bits per heavy atom. The number of hydrogen-bond acceptors (Lipinski definition) is 7. The average molecular weight is 550 g/mol. The normalized spacial score (nSPS) is 13.5. The number of amides is 2. The SMILES string of the molecule is C=CCn1c(=NC(=O)CSCC(=O)Nc2sc3c(c2C(=O)OC)CCCC3)sc2cc(Cl)ccc21. The molecular formula is C24H24ClN3O4S3.